The molecule has 2 aromatic carbocycles. The lowest BCUT2D eigenvalue weighted by molar-refractivity contribution is 0.211. The first-order chi connectivity index (χ1) is 26.3. The average Bonchev–Trinajstić information content (AvgIpc) is 3.64. The van der Waals surface area contributed by atoms with Gasteiger partial charge in [-0.05, 0) is 92.2 Å². The highest BCUT2D eigenvalue weighted by Gasteiger charge is 2.26. The van der Waals surface area contributed by atoms with Crippen LogP contribution in [0, 0.1) is 12.8 Å². The number of rotatable bonds is 18. The van der Waals surface area contributed by atoms with Crippen LogP contribution in [0.25, 0.3) is 5.65 Å². The smallest absolute Gasteiger partial charge is 0.336 e. The summed E-state index contributed by atoms with van der Waals surface area (Å²) >= 11 is 0. The number of aryl methyl sites for hydroxylation is 1. The number of hydrogen-bond acceptors (Lipinski definition) is 11. The van der Waals surface area contributed by atoms with Crippen molar-refractivity contribution < 1.29 is 19.3 Å². The number of benzene rings is 2. The third kappa shape index (κ3) is 9.22. The fourth-order valence-electron chi connectivity index (χ4n) is 7.16. The molecule has 1 aliphatic rings. The zero-order valence-corrected chi connectivity index (χ0v) is 32.7. The number of fused-ring (bicyclic) bond motifs is 1. The second-order valence-electron chi connectivity index (χ2n) is 14.1. The maximum absolute atomic E-state index is 11.9. The molecule has 12 heteroatoms. The number of anilines is 2. The lowest BCUT2D eigenvalue weighted by Gasteiger charge is -2.35. The molecule has 1 aliphatic heterocycles. The topological polar surface area (TPSA) is 114 Å². The first kappa shape index (κ1) is 38.8. The first-order valence-electron chi connectivity index (χ1n) is 19.3. The van der Waals surface area contributed by atoms with E-state index in [-0.39, 0.29) is 6.01 Å². The minimum absolute atomic E-state index is 0.223. The van der Waals surface area contributed by atoms with Gasteiger partial charge in [0.15, 0.2) is 11.5 Å². The Morgan fingerprint density at radius 1 is 0.870 bits per heavy atom. The van der Waals surface area contributed by atoms with Crippen LogP contribution in [0.15, 0.2) is 67.0 Å². The van der Waals surface area contributed by atoms with E-state index in [1.165, 1.54) is 0 Å². The van der Waals surface area contributed by atoms with Gasteiger partial charge in [-0.25, -0.2) is 14.5 Å². The molecule has 4 heterocycles. The summed E-state index contributed by atoms with van der Waals surface area (Å²) in [6.07, 6.45) is 6.59. The standard InChI is InChI=1S/C42H56N8O4/c1-7-10-23-54-42-45-41(49(28-31-11-15-35(52-5)16-12-31)29-32-13-17-36(53-6)18-14-32)40-44-26-37(50(40)46-42)38(51)34-24-30(4)39(43-25-34)48-21-19-33(20-22-48)27-47(8-2)9-3/h11-18,24-26,33,38,51H,7-10,19-23,27-29H2,1-6H3. The van der Waals surface area contributed by atoms with E-state index in [0.717, 1.165) is 92.4 Å². The minimum Gasteiger partial charge on any atom is -0.497 e. The molecule has 288 valence electrons. The molecule has 1 fully saturated rings. The van der Waals surface area contributed by atoms with Crippen molar-refractivity contribution in [2.45, 2.75) is 72.6 Å². The van der Waals surface area contributed by atoms with Gasteiger partial charge in [0.25, 0.3) is 0 Å². The number of methoxy groups -OCH3 is 2. The Morgan fingerprint density at radius 2 is 1.50 bits per heavy atom. The predicted molar refractivity (Wildman–Crippen MR) is 213 cm³/mol. The highest BCUT2D eigenvalue weighted by Crippen LogP contribution is 2.32. The Kier molecular flexibility index (Phi) is 13.2. The number of imidazole rings is 1. The molecule has 0 spiro atoms. The summed E-state index contributed by atoms with van der Waals surface area (Å²) < 4.78 is 18.6. The molecule has 5 aromatic rings. The van der Waals surface area contributed by atoms with Crippen LogP contribution in [0.4, 0.5) is 11.6 Å². The molecule has 0 amide bonds. The fourth-order valence-corrected chi connectivity index (χ4v) is 7.16. The van der Waals surface area contributed by atoms with E-state index in [1.807, 2.05) is 54.6 Å². The molecule has 6 rings (SSSR count). The van der Waals surface area contributed by atoms with Gasteiger partial charge in [-0.1, -0.05) is 51.5 Å². The van der Waals surface area contributed by atoms with E-state index in [4.69, 9.17) is 34.3 Å². The van der Waals surface area contributed by atoms with E-state index in [1.54, 1.807) is 31.1 Å². The van der Waals surface area contributed by atoms with Crippen molar-refractivity contribution in [2.24, 2.45) is 5.92 Å². The summed E-state index contributed by atoms with van der Waals surface area (Å²) in [6.45, 7) is 15.5. The van der Waals surface area contributed by atoms with Gasteiger partial charge in [0, 0.05) is 44.5 Å². The van der Waals surface area contributed by atoms with Crippen molar-refractivity contribution in [3.8, 4) is 17.5 Å². The van der Waals surface area contributed by atoms with E-state index in [2.05, 4.69) is 42.4 Å². The second-order valence-corrected chi connectivity index (χ2v) is 14.1. The van der Waals surface area contributed by atoms with Crippen LogP contribution in [0.5, 0.6) is 17.5 Å². The monoisotopic (exact) mass is 736 g/mol. The zero-order chi connectivity index (χ0) is 38.0. The molecule has 3 aromatic heterocycles. The van der Waals surface area contributed by atoms with Gasteiger partial charge in [0.1, 0.15) is 23.4 Å². The molecule has 0 saturated carbocycles. The van der Waals surface area contributed by atoms with Crippen LogP contribution in [-0.4, -0.2) is 88.1 Å². The van der Waals surface area contributed by atoms with Crippen molar-refractivity contribution in [1.82, 2.24) is 29.5 Å². The van der Waals surface area contributed by atoms with Crippen LogP contribution in [0.3, 0.4) is 0 Å². The molecule has 1 unspecified atom stereocenters. The van der Waals surface area contributed by atoms with Gasteiger partial charge in [0.05, 0.1) is 32.7 Å². The van der Waals surface area contributed by atoms with Gasteiger partial charge >= 0.3 is 6.01 Å². The van der Waals surface area contributed by atoms with Gasteiger partial charge in [-0.15, -0.1) is 5.10 Å². The molecule has 1 atom stereocenters. The number of unbranched alkanes of at least 4 members (excludes halogenated alkanes) is 1. The van der Waals surface area contributed by atoms with E-state index in [9.17, 15) is 5.11 Å². The number of pyridine rings is 1. The highest BCUT2D eigenvalue weighted by atomic mass is 16.5. The molecule has 12 nitrogen and oxygen atoms in total. The van der Waals surface area contributed by atoms with Gasteiger partial charge in [-0.3, -0.25) is 0 Å². The summed E-state index contributed by atoms with van der Waals surface area (Å²) in [7, 11) is 3.33. The predicted octanol–water partition coefficient (Wildman–Crippen LogP) is 6.87. The van der Waals surface area contributed by atoms with Crippen LogP contribution in [-0.2, 0) is 13.1 Å². The fraction of sp³-hybridized carbons (Fsp3) is 0.476. The molecule has 0 radical (unpaired) electrons. The number of aromatic nitrogens is 5. The Hall–Kier alpha value is -4.94. The maximum Gasteiger partial charge on any atom is 0.336 e. The Balaban J connectivity index is 1.31. The van der Waals surface area contributed by atoms with Crippen LogP contribution in [0.1, 0.15) is 80.5 Å². The Morgan fingerprint density at radius 3 is 2.06 bits per heavy atom. The average molecular weight is 737 g/mol. The first-order valence-corrected chi connectivity index (χ1v) is 19.3. The lowest BCUT2D eigenvalue weighted by atomic mass is 9.95. The number of aliphatic hydroxyl groups is 1. The summed E-state index contributed by atoms with van der Waals surface area (Å²) in [5.74, 6) is 3.86. The maximum atomic E-state index is 11.9. The second kappa shape index (κ2) is 18.4. The molecule has 1 N–H and O–H groups in total. The minimum atomic E-state index is -1.03. The van der Waals surface area contributed by atoms with Crippen molar-refractivity contribution in [3.63, 3.8) is 0 Å². The SMILES string of the molecule is CCCCOc1nc(N(Cc2ccc(OC)cc2)Cc2ccc(OC)cc2)c2ncc(C(O)c3cnc(N4CCC(CN(CC)CC)CC4)c(C)c3)n2n1. The van der Waals surface area contributed by atoms with E-state index < -0.39 is 6.10 Å². The molecular formula is C42H56N8O4. The summed E-state index contributed by atoms with van der Waals surface area (Å²) in [6, 6.07) is 18.3. The van der Waals surface area contributed by atoms with Gasteiger partial charge in [-0.2, -0.15) is 4.98 Å². The number of nitrogens with zero attached hydrogens (tertiary/aromatic N) is 8. The van der Waals surface area contributed by atoms with E-state index >= 15 is 0 Å². The largest absolute Gasteiger partial charge is 0.497 e. The molecule has 0 bridgehead atoms. The third-order valence-corrected chi connectivity index (χ3v) is 10.4. The van der Waals surface area contributed by atoms with Crippen molar-refractivity contribution in [2.75, 3.05) is 63.4 Å². The lowest BCUT2D eigenvalue weighted by Crippen LogP contribution is -2.39. The number of ether oxygens (including phenoxy) is 3. The summed E-state index contributed by atoms with van der Waals surface area (Å²) in [4.78, 5) is 21.7. The van der Waals surface area contributed by atoms with Crippen molar-refractivity contribution in [3.05, 3.63) is 94.9 Å². The number of aliphatic hydroxyl groups excluding tert-OH is 1. The number of piperidine rings is 1. The molecular weight excluding hydrogens is 681 g/mol. The Labute approximate surface area is 319 Å². The van der Waals surface area contributed by atoms with Crippen LogP contribution >= 0.6 is 0 Å². The zero-order valence-electron chi connectivity index (χ0n) is 32.7. The molecule has 0 aliphatic carbocycles. The quantitative estimate of drug-likeness (QED) is 0.0952. The van der Waals surface area contributed by atoms with Gasteiger partial charge in [0.2, 0.25) is 0 Å². The van der Waals surface area contributed by atoms with Crippen LogP contribution in [0.2, 0.25) is 0 Å². The Bertz CT molecular complexity index is 1870. The third-order valence-electron chi connectivity index (χ3n) is 10.4. The summed E-state index contributed by atoms with van der Waals surface area (Å²) in [5.41, 5.74) is 4.87. The van der Waals surface area contributed by atoms with Crippen LogP contribution < -0.4 is 24.0 Å². The van der Waals surface area contributed by atoms with Crippen molar-refractivity contribution in [1.29, 1.82) is 0 Å². The summed E-state index contributed by atoms with van der Waals surface area (Å²) in [5, 5.41) is 16.7. The number of hydrogen-bond donors (Lipinski definition) is 1. The molecule has 1 saturated heterocycles. The van der Waals surface area contributed by atoms with Gasteiger partial charge < -0.3 is 34.0 Å². The normalized spacial score (nSPS) is 14.1. The molecule has 54 heavy (non-hydrogen) atoms. The highest BCUT2D eigenvalue weighted by molar-refractivity contribution is 5.65. The van der Waals surface area contributed by atoms with Crippen molar-refractivity contribution >= 4 is 17.3 Å². The van der Waals surface area contributed by atoms with E-state index in [0.29, 0.717) is 48.3 Å².